The second-order valence-corrected chi connectivity index (χ2v) is 11.1. The van der Waals surface area contributed by atoms with Gasteiger partial charge < -0.3 is 29.4 Å². The lowest BCUT2D eigenvalue weighted by Gasteiger charge is -2.25. The molecule has 3 aromatic rings. The molecule has 0 radical (unpaired) electrons. The van der Waals surface area contributed by atoms with E-state index in [1.807, 2.05) is 31.2 Å². The number of ether oxygens (including phenoxy) is 2. The van der Waals surface area contributed by atoms with Gasteiger partial charge in [0.2, 0.25) is 10.0 Å². The van der Waals surface area contributed by atoms with Crippen molar-refractivity contribution in [3.05, 3.63) is 53.1 Å². The Morgan fingerprint density at radius 1 is 1.27 bits per heavy atom. The predicted octanol–water partition coefficient (Wildman–Crippen LogP) is 2.36. The summed E-state index contributed by atoms with van der Waals surface area (Å²) in [5, 5.41) is 21.8. The van der Waals surface area contributed by atoms with Gasteiger partial charge in [-0.2, -0.15) is 0 Å². The number of sulfonamides is 1. The van der Waals surface area contributed by atoms with Crippen molar-refractivity contribution in [2.75, 3.05) is 44.0 Å². The van der Waals surface area contributed by atoms with Crippen molar-refractivity contribution < 1.29 is 37.3 Å². The molecule has 3 N–H and O–H groups in total. The predicted molar refractivity (Wildman–Crippen MR) is 139 cm³/mol. The molecule has 0 bridgehead atoms. The zero-order valence-corrected chi connectivity index (χ0v) is 22.0. The Morgan fingerprint density at radius 2 is 1.97 bits per heavy atom. The van der Waals surface area contributed by atoms with Gasteiger partial charge >= 0.3 is 0 Å². The number of benzene rings is 2. The van der Waals surface area contributed by atoms with Gasteiger partial charge in [-0.25, -0.2) is 8.42 Å². The first-order chi connectivity index (χ1) is 17.5. The molecule has 1 aromatic heterocycles. The average Bonchev–Trinajstić information content (AvgIpc) is 3.16. The van der Waals surface area contributed by atoms with E-state index in [2.05, 4.69) is 5.32 Å². The van der Waals surface area contributed by atoms with Crippen LogP contribution in [0.4, 0.5) is 5.69 Å². The molecule has 0 spiro atoms. The summed E-state index contributed by atoms with van der Waals surface area (Å²) in [6.45, 7) is 3.20. The number of hydrogen-bond donors (Lipinski definition) is 3. The van der Waals surface area contributed by atoms with Crippen molar-refractivity contribution in [2.24, 2.45) is 0 Å². The summed E-state index contributed by atoms with van der Waals surface area (Å²) < 4.78 is 44.8. The first-order valence-electron chi connectivity index (χ1n) is 11.9. The highest BCUT2D eigenvalue weighted by atomic mass is 32.2. The molecule has 37 heavy (non-hydrogen) atoms. The van der Waals surface area contributed by atoms with Gasteiger partial charge in [-0.1, -0.05) is 29.8 Å². The number of fused-ring (bicyclic) bond motifs is 2. The first kappa shape index (κ1) is 27.1. The lowest BCUT2D eigenvalue weighted by atomic mass is 10.00. The van der Waals surface area contributed by atoms with Crippen molar-refractivity contribution in [1.29, 1.82) is 0 Å². The number of anilines is 1. The SMILES string of the molecule is CNC(=O)c1c(-c2ccc(C)cc2)oc2cc3c(cc12)[C@H](C)O[C@H](COC[C@H](O)CO)CN3S(C)(=O)=O. The third kappa shape index (κ3) is 5.65. The number of aliphatic hydroxyl groups is 2. The molecule has 4 rings (SSSR count). The van der Waals surface area contributed by atoms with E-state index in [1.54, 1.807) is 26.1 Å². The van der Waals surface area contributed by atoms with E-state index in [0.29, 0.717) is 33.5 Å². The number of carbonyl (C=O) groups is 1. The first-order valence-corrected chi connectivity index (χ1v) is 13.8. The van der Waals surface area contributed by atoms with Gasteiger partial charge in [-0.15, -0.1) is 0 Å². The molecule has 2 aromatic carbocycles. The normalized spacial score (nSPS) is 18.9. The molecule has 0 unspecified atom stereocenters. The zero-order chi connectivity index (χ0) is 26.9. The van der Waals surface area contributed by atoms with Crippen molar-refractivity contribution in [3.8, 4) is 11.3 Å². The summed E-state index contributed by atoms with van der Waals surface area (Å²) in [6, 6.07) is 11.0. The molecule has 1 aliphatic rings. The van der Waals surface area contributed by atoms with Crippen molar-refractivity contribution in [1.82, 2.24) is 5.32 Å². The van der Waals surface area contributed by atoms with Crippen LogP contribution in [-0.2, 0) is 19.5 Å². The maximum Gasteiger partial charge on any atom is 0.255 e. The number of aryl methyl sites for hydroxylation is 1. The minimum absolute atomic E-state index is 0.0125. The van der Waals surface area contributed by atoms with Crippen LogP contribution in [0.15, 0.2) is 40.8 Å². The highest BCUT2D eigenvalue weighted by Crippen LogP contribution is 2.42. The molecular weight excluding hydrogens is 500 g/mol. The molecule has 0 aliphatic carbocycles. The van der Waals surface area contributed by atoms with E-state index in [1.165, 1.54) is 4.31 Å². The Morgan fingerprint density at radius 3 is 2.59 bits per heavy atom. The molecule has 11 heteroatoms. The van der Waals surface area contributed by atoms with Crippen molar-refractivity contribution >= 4 is 32.6 Å². The standard InChI is InChI=1S/C26H32N2O8S/c1-15-5-7-17(8-6-15)25-24(26(31)27-3)21-9-20-16(2)35-19(14-34-13-18(30)12-29)11-28(37(4,32)33)22(20)10-23(21)36-25/h5-10,16,18-19,29-30H,11-14H2,1-4H3,(H,27,31)/t16-,18+,19-/m0/s1. The van der Waals surface area contributed by atoms with Crippen LogP contribution in [0.25, 0.3) is 22.3 Å². The highest BCUT2D eigenvalue weighted by Gasteiger charge is 2.34. The third-order valence-electron chi connectivity index (χ3n) is 6.30. The number of furan rings is 1. The number of carbonyl (C=O) groups excluding carboxylic acids is 1. The largest absolute Gasteiger partial charge is 0.455 e. The highest BCUT2D eigenvalue weighted by molar-refractivity contribution is 7.92. The van der Waals surface area contributed by atoms with Crippen molar-refractivity contribution in [3.63, 3.8) is 0 Å². The van der Waals surface area contributed by atoms with Gasteiger partial charge in [-0.3, -0.25) is 9.10 Å². The lowest BCUT2D eigenvalue weighted by Crippen LogP contribution is -2.39. The molecule has 1 amide bonds. The molecule has 0 saturated heterocycles. The number of rotatable bonds is 8. The molecule has 0 saturated carbocycles. The molecule has 1 aliphatic heterocycles. The summed E-state index contributed by atoms with van der Waals surface area (Å²) in [6.07, 6.45) is -1.11. The van der Waals surface area contributed by atoms with Crippen LogP contribution in [0.2, 0.25) is 0 Å². The molecule has 200 valence electrons. The molecule has 3 atom stereocenters. The minimum atomic E-state index is -3.73. The third-order valence-corrected chi connectivity index (χ3v) is 7.45. The number of hydrogen-bond acceptors (Lipinski definition) is 8. The second-order valence-electron chi connectivity index (χ2n) is 9.23. The Kier molecular flexibility index (Phi) is 7.91. The van der Waals surface area contributed by atoms with Crippen LogP contribution < -0.4 is 9.62 Å². The van der Waals surface area contributed by atoms with E-state index < -0.39 is 34.9 Å². The van der Waals surface area contributed by atoms with Gasteiger partial charge in [-0.05, 0) is 19.9 Å². The summed E-state index contributed by atoms with van der Waals surface area (Å²) in [5.74, 6) is 0.0628. The molecule has 2 heterocycles. The Labute approximate surface area is 215 Å². The fraction of sp³-hybridized carbons (Fsp3) is 0.423. The van der Waals surface area contributed by atoms with Crippen LogP contribution in [0, 0.1) is 6.92 Å². The summed E-state index contributed by atoms with van der Waals surface area (Å²) in [5.41, 5.74) is 3.48. The average molecular weight is 533 g/mol. The topological polar surface area (TPSA) is 139 Å². The van der Waals surface area contributed by atoms with Crippen molar-refractivity contribution in [2.45, 2.75) is 32.2 Å². The monoisotopic (exact) mass is 532 g/mol. The Hall–Kier alpha value is -2.96. The quantitative estimate of drug-likeness (QED) is 0.402. The van der Waals surface area contributed by atoms with E-state index in [4.69, 9.17) is 19.0 Å². The second kappa shape index (κ2) is 10.8. The van der Waals surface area contributed by atoms with Gasteiger partial charge in [0.25, 0.3) is 5.91 Å². The number of amides is 1. The fourth-order valence-corrected chi connectivity index (χ4v) is 5.38. The van der Waals surface area contributed by atoms with Crippen LogP contribution >= 0.6 is 0 Å². The Balaban J connectivity index is 1.82. The summed E-state index contributed by atoms with van der Waals surface area (Å²) in [7, 11) is -2.19. The van der Waals surface area contributed by atoms with Crippen LogP contribution in [0.3, 0.4) is 0 Å². The minimum Gasteiger partial charge on any atom is -0.455 e. The van der Waals surface area contributed by atoms with E-state index in [9.17, 15) is 18.3 Å². The molecular formula is C26H32N2O8S. The van der Waals surface area contributed by atoms with Gasteiger partial charge in [0.05, 0.1) is 50.0 Å². The Bertz CT molecular complexity index is 1380. The van der Waals surface area contributed by atoms with Gasteiger partial charge in [0.1, 0.15) is 23.6 Å². The van der Waals surface area contributed by atoms with Gasteiger partial charge in [0.15, 0.2) is 0 Å². The van der Waals surface area contributed by atoms with E-state index in [-0.39, 0.29) is 25.7 Å². The number of nitrogens with one attached hydrogen (secondary N) is 1. The molecule has 10 nitrogen and oxygen atoms in total. The summed E-state index contributed by atoms with van der Waals surface area (Å²) in [4.78, 5) is 13.0. The molecule has 0 fully saturated rings. The lowest BCUT2D eigenvalue weighted by molar-refractivity contribution is -0.0644. The van der Waals surface area contributed by atoms with Crippen LogP contribution in [0.5, 0.6) is 0 Å². The van der Waals surface area contributed by atoms with E-state index >= 15 is 0 Å². The van der Waals surface area contributed by atoms with E-state index in [0.717, 1.165) is 17.4 Å². The fourth-order valence-electron chi connectivity index (χ4n) is 4.43. The van der Waals surface area contributed by atoms with Crippen LogP contribution in [-0.4, -0.2) is 76.4 Å². The summed E-state index contributed by atoms with van der Waals surface area (Å²) >= 11 is 0. The maximum absolute atomic E-state index is 13.0. The number of aliphatic hydroxyl groups excluding tert-OH is 2. The zero-order valence-electron chi connectivity index (χ0n) is 21.2. The van der Waals surface area contributed by atoms with Crippen LogP contribution in [0.1, 0.15) is 34.5 Å². The van der Waals surface area contributed by atoms with Gasteiger partial charge in [0, 0.05) is 29.6 Å². The smallest absolute Gasteiger partial charge is 0.255 e. The maximum atomic E-state index is 13.0. The number of nitrogens with zero attached hydrogens (tertiary/aromatic N) is 1.